The summed E-state index contributed by atoms with van der Waals surface area (Å²) in [6.45, 7) is 7.59. The first-order chi connectivity index (χ1) is 17.6. The molecule has 37 heavy (non-hydrogen) atoms. The number of pyridine rings is 2. The van der Waals surface area contributed by atoms with Gasteiger partial charge in [0.2, 0.25) is 0 Å². The number of aromatic amines is 1. The van der Waals surface area contributed by atoms with Gasteiger partial charge in [0.05, 0.1) is 18.2 Å². The van der Waals surface area contributed by atoms with E-state index in [4.69, 9.17) is 14.5 Å². The number of rotatable bonds is 5. The van der Waals surface area contributed by atoms with E-state index in [0.29, 0.717) is 33.9 Å². The normalized spacial score (nSPS) is 21.1. The summed E-state index contributed by atoms with van der Waals surface area (Å²) in [7, 11) is 1.34. The Morgan fingerprint density at radius 3 is 2.46 bits per heavy atom. The molecule has 2 fully saturated rings. The number of nitrogens with one attached hydrogen (secondary N) is 3. The van der Waals surface area contributed by atoms with Crippen LogP contribution in [-0.2, 0) is 9.47 Å². The Morgan fingerprint density at radius 2 is 1.84 bits per heavy atom. The molecule has 2 bridgehead atoms. The topological polar surface area (TPSA) is 134 Å². The lowest BCUT2D eigenvalue weighted by molar-refractivity contribution is 0.00681. The van der Waals surface area contributed by atoms with Crippen LogP contribution in [0.2, 0.25) is 0 Å². The number of hydrogen-bond acceptors (Lipinski definition) is 9. The summed E-state index contributed by atoms with van der Waals surface area (Å²) >= 11 is 0. The summed E-state index contributed by atoms with van der Waals surface area (Å²) in [6, 6.07) is 5.76. The van der Waals surface area contributed by atoms with Gasteiger partial charge in [0, 0.05) is 47.5 Å². The van der Waals surface area contributed by atoms with Crippen molar-refractivity contribution in [2.24, 2.45) is 0 Å². The number of aromatic nitrogens is 4. The van der Waals surface area contributed by atoms with E-state index in [1.165, 1.54) is 13.3 Å². The SMILES string of the molecule is COC(=O)c1cnc2cc(Nc3cc(C)[nH]n3)nc(N[C@H]3C[C@H]4CC[C@@H](C3)N4C(=O)OC(C)(C)C)c2c1. The average molecular weight is 508 g/mol. The molecule has 0 radical (unpaired) electrons. The first kappa shape index (κ1) is 24.8. The number of ether oxygens (including phenoxy) is 2. The summed E-state index contributed by atoms with van der Waals surface area (Å²) < 4.78 is 10.6. The lowest BCUT2D eigenvalue weighted by Gasteiger charge is -2.39. The molecule has 196 valence electrons. The largest absolute Gasteiger partial charge is 0.465 e. The molecule has 3 aromatic heterocycles. The van der Waals surface area contributed by atoms with E-state index in [1.807, 2.05) is 44.7 Å². The van der Waals surface area contributed by atoms with Crippen molar-refractivity contribution in [2.45, 2.75) is 77.1 Å². The van der Waals surface area contributed by atoms with Crippen molar-refractivity contribution in [1.82, 2.24) is 25.1 Å². The minimum absolute atomic E-state index is 0.0940. The number of piperidine rings is 1. The summed E-state index contributed by atoms with van der Waals surface area (Å²) in [5, 5.41) is 14.7. The van der Waals surface area contributed by atoms with Crippen LogP contribution in [0, 0.1) is 6.92 Å². The second kappa shape index (κ2) is 9.53. The molecule has 5 heterocycles. The maximum absolute atomic E-state index is 12.9. The molecule has 0 aliphatic carbocycles. The number of carbonyl (C=O) groups excluding carboxylic acids is 2. The molecule has 2 aliphatic heterocycles. The Hall–Kier alpha value is -3.89. The van der Waals surface area contributed by atoms with Gasteiger partial charge >= 0.3 is 12.1 Å². The maximum Gasteiger partial charge on any atom is 0.410 e. The maximum atomic E-state index is 12.9. The molecule has 3 aromatic rings. The minimum atomic E-state index is -0.529. The smallest absolute Gasteiger partial charge is 0.410 e. The van der Waals surface area contributed by atoms with Gasteiger partial charge in [0.15, 0.2) is 5.82 Å². The number of methoxy groups -OCH3 is 1. The molecule has 1 amide bonds. The number of fused-ring (bicyclic) bond motifs is 3. The minimum Gasteiger partial charge on any atom is -0.465 e. The van der Waals surface area contributed by atoms with Gasteiger partial charge in [-0.25, -0.2) is 14.6 Å². The number of esters is 1. The van der Waals surface area contributed by atoms with Crippen LogP contribution in [0.3, 0.4) is 0 Å². The Kier molecular flexibility index (Phi) is 6.38. The molecule has 3 N–H and O–H groups in total. The molecular weight excluding hydrogens is 474 g/mol. The lowest BCUT2D eigenvalue weighted by atomic mass is 9.97. The van der Waals surface area contributed by atoms with Crippen LogP contribution >= 0.6 is 0 Å². The monoisotopic (exact) mass is 507 g/mol. The van der Waals surface area contributed by atoms with Gasteiger partial charge in [-0.15, -0.1) is 0 Å². The molecule has 2 aliphatic rings. The molecule has 0 aromatic carbocycles. The van der Waals surface area contributed by atoms with Crippen molar-refractivity contribution >= 4 is 40.4 Å². The van der Waals surface area contributed by atoms with Crippen LogP contribution in [0.25, 0.3) is 10.9 Å². The predicted octanol–water partition coefficient (Wildman–Crippen LogP) is 4.53. The van der Waals surface area contributed by atoms with Gasteiger partial charge in [-0.05, 0) is 59.4 Å². The zero-order chi connectivity index (χ0) is 26.3. The van der Waals surface area contributed by atoms with E-state index in [0.717, 1.165) is 31.4 Å². The first-order valence-corrected chi connectivity index (χ1v) is 12.6. The summed E-state index contributed by atoms with van der Waals surface area (Å²) in [5.41, 5.74) is 1.42. The van der Waals surface area contributed by atoms with Gasteiger partial charge in [0.25, 0.3) is 0 Å². The predicted molar refractivity (Wildman–Crippen MR) is 139 cm³/mol. The highest BCUT2D eigenvalue weighted by atomic mass is 16.6. The zero-order valence-corrected chi connectivity index (χ0v) is 21.8. The molecule has 11 nitrogen and oxygen atoms in total. The number of carbonyl (C=O) groups is 2. The second-order valence-electron chi connectivity index (χ2n) is 10.8. The number of anilines is 3. The summed E-state index contributed by atoms with van der Waals surface area (Å²) in [4.78, 5) is 36.3. The van der Waals surface area contributed by atoms with E-state index in [1.54, 1.807) is 6.07 Å². The number of aryl methyl sites for hydroxylation is 1. The third-order valence-corrected chi connectivity index (χ3v) is 6.74. The van der Waals surface area contributed by atoms with Crippen LogP contribution in [0.4, 0.5) is 22.2 Å². The van der Waals surface area contributed by atoms with Gasteiger partial charge in [-0.3, -0.25) is 10.1 Å². The molecule has 11 heteroatoms. The van der Waals surface area contributed by atoms with Gasteiger partial charge in [-0.1, -0.05) is 0 Å². The standard InChI is InChI=1S/C26H33N7O4/c1-14-8-22(32-31-14)29-21-12-20-19(9-15(13-27-20)24(34)36-5)23(30-21)28-16-10-17-6-7-18(11-16)33(17)25(35)37-26(2,3)4/h8-9,12-13,16-18H,6-7,10-11H2,1-5H3,(H3,28,29,30,31,32)/t16-,17+,18-. The van der Waals surface area contributed by atoms with Crippen LogP contribution in [0.5, 0.6) is 0 Å². The fraction of sp³-hybridized carbons (Fsp3) is 0.500. The first-order valence-electron chi connectivity index (χ1n) is 12.6. The highest BCUT2D eigenvalue weighted by Gasteiger charge is 2.45. The molecule has 0 saturated carbocycles. The number of nitrogens with zero attached hydrogens (tertiary/aromatic N) is 4. The molecule has 0 spiro atoms. The van der Waals surface area contributed by atoms with E-state index in [2.05, 4.69) is 25.8 Å². The average Bonchev–Trinajstić information content (AvgIpc) is 3.36. The van der Waals surface area contributed by atoms with Crippen molar-refractivity contribution in [3.8, 4) is 0 Å². The van der Waals surface area contributed by atoms with Crippen molar-refractivity contribution in [3.05, 3.63) is 35.7 Å². The Balaban J connectivity index is 1.42. The Labute approximate surface area is 215 Å². The van der Waals surface area contributed by atoms with Gasteiger partial charge in [0.1, 0.15) is 17.2 Å². The van der Waals surface area contributed by atoms with Crippen molar-refractivity contribution in [2.75, 3.05) is 17.7 Å². The molecule has 2 saturated heterocycles. The van der Waals surface area contributed by atoms with Crippen LogP contribution in [-0.4, -0.2) is 68.0 Å². The zero-order valence-electron chi connectivity index (χ0n) is 21.8. The molecule has 5 rings (SSSR count). The van der Waals surface area contributed by atoms with Gasteiger partial charge in [-0.2, -0.15) is 5.10 Å². The van der Waals surface area contributed by atoms with Crippen molar-refractivity contribution in [1.29, 1.82) is 0 Å². The highest BCUT2D eigenvalue weighted by molar-refractivity contribution is 5.98. The van der Waals surface area contributed by atoms with E-state index in [-0.39, 0.29) is 24.2 Å². The molecule has 3 atom stereocenters. The van der Waals surface area contributed by atoms with Gasteiger partial charge < -0.3 is 25.0 Å². The third kappa shape index (κ3) is 5.30. The van der Waals surface area contributed by atoms with E-state index in [9.17, 15) is 9.59 Å². The number of amides is 1. The number of H-pyrrole nitrogens is 1. The quantitative estimate of drug-likeness (QED) is 0.426. The van der Waals surface area contributed by atoms with Crippen LogP contribution < -0.4 is 10.6 Å². The fourth-order valence-corrected chi connectivity index (χ4v) is 5.24. The summed E-state index contributed by atoms with van der Waals surface area (Å²) in [5.74, 6) is 1.37. The van der Waals surface area contributed by atoms with Crippen molar-refractivity contribution in [3.63, 3.8) is 0 Å². The lowest BCUT2D eigenvalue weighted by Crippen LogP contribution is -2.51. The fourth-order valence-electron chi connectivity index (χ4n) is 5.24. The summed E-state index contributed by atoms with van der Waals surface area (Å²) in [6.07, 6.45) is 4.71. The van der Waals surface area contributed by atoms with Crippen LogP contribution in [0.1, 0.15) is 62.5 Å². The van der Waals surface area contributed by atoms with E-state index < -0.39 is 11.6 Å². The number of hydrogen-bond donors (Lipinski definition) is 3. The Morgan fingerprint density at radius 1 is 1.11 bits per heavy atom. The van der Waals surface area contributed by atoms with Crippen LogP contribution in [0.15, 0.2) is 24.4 Å². The molecular formula is C26H33N7O4. The highest BCUT2D eigenvalue weighted by Crippen LogP contribution is 2.38. The van der Waals surface area contributed by atoms with Crippen molar-refractivity contribution < 1.29 is 19.1 Å². The second-order valence-corrected chi connectivity index (χ2v) is 10.8. The van der Waals surface area contributed by atoms with E-state index >= 15 is 0 Å². The third-order valence-electron chi connectivity index (χ3n) is 6.74. The molecule has 0 unspecified atom stereocenters. The Bertz CT molecular complexity index is 1320.